The van der Waals surface area contributed by atoms with Crippen LogP contribution in [0.5, 0.6) is 0 Å². The highest BCUT2D eigenvalue weighted by molar-refractivity contribution is 14.0. The molecule has 0 aromatic heterocycles. The lowest BCUT2D eigenvalue weighted by molar-refractivity contribution is -0.0858. The number of aliphatic imine (C=N–C) groups is 1. The zero-order valence-electron chi connectivity index (χ0n) is 17.4. The largest absolute Gasteiger partial charge is 0.377 e. The number of nitrogens with zero attached hydrogens (tertiary/aromatic N) is 2. The Bertz CT molecular complexity index is 478. The predicted octanol–water partition coefficient (Wildman–Crippen LogP) is 2.90. The van der Waals surface area contributed by atoms with Crippen LogP contribution in [0.3, 0.4) is 0 Å². The van der Waals surface area contributed by atoms with Gasteiger partial charge in [-0.25, -0.2) is 0 Å². The van der Waals surface area contributed by atoms with Gasteiger partial charge in [-0.3, -0.25) is 4.99 Å². The smallest absolute Gasteiger partial charge is 0.193 e. The average molecular weight is 495 g/mol. The summed E-state index contributed by atoms with van der Waals surface area (Å²) in [6, 6.07) is 0. The first-order valence-corrected chi connectivity index (χ1v) is 10.3. The van der Waals surface area contributed by atoms with Crippen molar-refractivity contribution >= 4 is 29.9 Å². The SMILES string of the molecule is CN=C(NCC1CCCOC1C(C)(C)C)N1CCOC(C2CCCO2)C1.I. The van der Waals surface area contributed by atoms with Crippen LogP contribution in [-0.4, -0.2) is 75.7 Å². The van der Waals surface area contributed by atoms with E-state index < -0.39 is 0 Å². The maximum Gasteiger partial charge on any atom is 0.193 e. The van der Waals surface area contributed by atoms with Crippen LogP contribution in [0.15, 0.2) is 4.99 Å². The molecule has 0 radical (unpaired) electrons. The van der Waals surface area contributed by atoms with Gasteiger partial charge in [0.25, 0.3) is 0 Å². The minimum Gasteiger partial charge on any atom is -0.377 e. The topological polar surface area (TPSA) is 55.3 Å². The lowest BCUT2D eigenvalue weighted by atomic mass is 9.78. The Balaban J connectivity index is 0.00000261. The fraction of sp³-hybridized carbons (Fsp3) is 0.950. The second-order valence-corrected chi connectivity index (χ2v) is 8.89. The molecule has 3 saturated heterocycles. The molecular weight excluding hydrogens is 457 g/mol. The molecule has 3 aliphatic rings. The average Bonchev–Trinajstić information content (AvgIpc) is 3.17. The molecule has 3 rings (SSSR count). The summed E-state index contributed by atoms with van der Waals surface area (Å²) in [7, 11) is 1.87. The standard InChI is InChI=1S/C20H37N3O3.HI/c1-20(2,3)18-15(7-5-11-26-18)13-22-19(21-4)23-9-12-25-17(14-23)16-8-6-10-24-16;/h15-18H,5-14H2,1-4H3,(H,21,22);1H. The van der Waals surface area contributed by atoms with E-state index in [1.54, 1.807) is 0 Å². The van der Waals surface area contributed by atoms with Crippen molar-refractivity contribution in [1.82, 2.24) is 10.2 Å². The van der Waals surface area contributed by atoms with Crippen LogP contribution in [0.1, 0.15) is 46.5 Å². The van der Waals surface area contributed by atoms with Crippen molar-refractivity contribution in [2.75, 3.05) is 46.5 Å². The molecule has 0 spiro atoms. The van der Waals surface area contributed by atoms with E-state index >= 15 is 0 Å². The van der Waals surface area contributed by atoms with Gasteiger partial charge in [0, 0.05) is 45.8 Å². The highest BCUT2D eigenvalue weighted by Gasteiger charge is 2.36. The molecule has 0 aromatic carbocycles. The fourth-order valence-corrected chi connectivity index (χ4v) is 4.55. The van der Waals surface area contributed by atoms with Crippen LogP contribution in [0.25, 0.3) is 0 Å². The number of nitrogens with one attached hydrogen (secondary N) is 1. The Hall–Kier alpha value is -0.120. The molecule has 3 aliphatic heterocycles. The van der Waals surface area contributed by atoms with Crippen molar-refractivity contribution < 1.29 is 14.2 Å². The van der Waals surface area contributed by atoms with Gasteiger partial charge < -0.3 is 24.4 Å². The van der Waals surface area contributed by atoms with Crippen molar-refractivity contribution in [3.05, 3.63) is 0 Å². The van der Waals surface area contributed by atoms with Crippen LogP contribution < -0.4 is 5.32 Å². The van der Waals surface area contributed by atoms with Gasteiger partial charge >= 0.3 is 0 Å². The third-order valence-electron chi connectivity index (χ3n) is 5.81. The molecule has 7 heteroatoms. The predicted molar refractivity (Wildman–Crippen MR) is 119 cm³/mol. The lowest BCUT2D eigenvalue weighted by Gasteiger charge is -2.41. The first kappa shape index (κ1) is 23.2. The molecule has 0 bridgehead atoms. The lowest BCUT2D eigenvalue weighted by Crippen LogP contribution is -2.54. The molecule has 0 amide bonds. The summed E-state index contributed by atoms with van der Waals surface area (Å²) in [5.74, 6) is 1.50. The Kier molecular flexibility index (Phi) is 9.09. The second-order valence-electron chi connectivity index (χ2n) is 8.89. The number of rotatable bonds is 3. The van der Waals surface area contributed by atoms with E-state index in [9.17, 15) is 0 Å². The van der Waals surface area contributed by atoms with Crippen molar-refractivity contribution in [2.45, 2.75) is 64.8 Å². The Labute approximate surface area is 181 Å². The fourth-order valence-electron chi connectivity index (χ4n) is 4.55. The van der Waals surface area contributed by atoms with Gasteiger partial charge in [-0.15, -0.1) is 24.0 Å². The normalized spacial score (nSPS) is 32.9. The van der Waals surface area contributed by atoms with Gasteiger partial charge in [-0.2, -0.15) is 0 Å². The molecule has 0 aromatic rings. The van der Waals surface area contributed by atoms with Gasteiger partial charge in [0.2, 0.25) is 0 Å². The number of morpholine rings is 1. The first-order chi connectivity index (χ1) is 12.5. The Morgan fingerprint density at radius 1 is 1.04 bits per heavy atom. The van der Waals surface area contributed by atoms with Gasteiger partial charge in [0.05, 0.1) is 18.8 Å². The second kappa shape index (κ2) is 10.6. The van der Waals surface area contributed by atoms with Crippen molar-refractivity contribution in [3.8, 4) is 0 Å². The summed E-state index contributed by atoms with van der Waals surface area (Å²) in [4.78, 5) is 6.86. The Morgan fingerprint density at radius 2 is 1.74 bits per heavy atom. The summed E-state index contributed by atoms with van der Waals surface area (Å²) in [6.45, 7) is 12.0. The van der Waals surface area contributed by atoms with Gasteiger partial charge in [0.1, 0.15) is 6.10 Å². The molecule has 0 aliphatic carbocycles. The monoisotopic (exact) mass is 495 g/mol. The van der Waals surface area contributed by atoms with Crippen LogP contribution >= 0.6 is 24.0 Å². The molecule has 4 unspecified atom stereocenters. The van der Waals surface area contributed by atoms with Crippen molar-refractivity contribution in [2.24, 2.45) is 16.3 Å². The minimum absolute atomic E-state index is 0. The third kappa shape index (κ3) is 6.18. The number of halogens is 1. The third-order valence-corrected chi connectivity index (χ3v) is 5.81. The number of hydrogen-bond acceptors (Lipinski definition) is 4. The molecule has 6 nitrogen and oxygen atoms in total. The van der Waals surface area contributed by atoms with Gasteiger partial charge in [-0.1, -0.05) is 20.8 Å². The summed E-state index contributed by atoms with van der Waals surface area (Å²) < 4.78 is 17.9. The Morgan fingerprint density at radius 3 is 2.41 bits per heavy atom. The van der Waals surface area contributed by atoms with Gasteiger partial charge in [-0.05, 0) is 31.1 Å². The zero-order chi connectivity index (χ0) is 18.6. The highest BCUT2D eigenvalue weighted by Crippen LogP contribution is 2.33. The summed E-state index contributed by atoms with van der Waals surface area (Å²) in [5, 5.41) is 3.62. The molecule has 3 heterocycles. The molecule has 0 saturated carbocycles. The number of hydrogen-bond donors (Lipinski definition) is 1. The van der Waals surface area contributed by atoms with E-state index in [2.05, 4.69) is 36.0 Å². The van der Waals surface area contributed by atoms with E-state index in [1.165, 1.54) is 6.42 Å². The van der Waals surface area contributed by atoms with E-state index in [1.807, 2.05) is 7.05 Å². The van der Waals surface area contributed by atoms with Crippen LogP contribution in [-0.2, 0) is 14.2 Å². The molecular formula is C20H38IN3O3. The number of guanidine groups is 1. The van der Waals surface area contributed by atoms with E-state index in [-0.39, 0.29) is 41.6 Å². The zero-order valence-corrected chi connectivity index (χ0v) is 19.7. The first-order valence-electron chi connectivity index (χ1n) is 10.3. The van der Waals surface area contributed by atoms with Gasteiger partial charge in [0.15, 0.2) is 5.96 Å². The quantitative estimate of drug-likeness (QED) is 0.371. The van der Waals surface area contributed by atoms with Crippen LogP contribution in [0.4, 0.5) is 0 Å². The maximum absolute atomic E-state index is 6.12. The molecule has 1 N–H and O–H groups in total. The van der Waals surface area contributed by atoms with E-state index in [0.29, 0.717) is 12.0 Å². The van der Waals surface area contributed by atoms with Crippen molar-refractivity contribution in [3.63, 3.8) is 0 Å². The molecule has 3 fully saturated rings. The molecule has 4 atom stereocenters. The van der Waals surface area contributed by atoms with Crippen LogP contribution in [0.2, 0.25) is 0 Å². The van der Waals surface area contributed by atoms with Crippen LogP contribution in [0, 0.1) is 11.3 Å². The molecule has 27 heavy (non-hydrogen) atoms. The summed E-state index contributed by atoms with van der Waals surface area (Å²) in [5.41, 5.74) is 0.167. The maximum atomic E-state index is 6.12. The molecule has 158 valence electrons. The highest BCUT2D eigenvalue weighted by atomic mass is 127. The summed E-state index contributed by atoms with van der Waals surface area (Å²) >= 11 is 0. The summed E-state index contributed by atoms with van der Waals surface area (Å²) in [6.07, 6.45) is 5.32. The minimum atomic E-state index is 0. The van der Waals surface area contributed by atoms with E-state index in [0.717, 1.165) is 64.7 Å². The van der Waals surface area contributed by atoms with E-state index in [4.69, 9.17) is 14.2 Å². The number of ether oxygens (including phenoxy) is 3. The van der Waals surface area contributed by atoms with Crippen molar-refractivity contribution in [1.29, 1.82) is 0 Å².